The summed E-state index contributed by atoms with van der Waals surface area (Å²) < 4.78 is 1.94. The topological polar surface area (TPSA) is 72.8 Å². The lowest BCUT2D eigenvalue weighted by molar-refractivity contribution is -0.384. The van der Waals surface area contributed by atoms with Crippen LogP contribution in [0.25, 0.3) is 11.3 Å². The molecular weight excluding hydrogens is 432 g/mol. The third kappa shape index (κ3) is 5.85. The molecule has 0 bridgehead atoms. The largest absolute Gasteiger partial charge is 0.269 e. The van der Waals surface area contributed by atoms with Gasteiger partial charge in [0.1, 0.15) is 0 Å². The molecule has 0 spiro atoms. The van der Waals surface area contributed by atoms with Crippen LogP contribution in [-0.4, -0.2) is 21.9 Å². The fourth-order valence-electron chi connectivity index (χ4n) is 4.71. The first-order valence-corrected chi connectivity index (χ1v) is 12.3. The number of hydrogen-bond acceptors (Lipinski definition) is 5. The van der Waals surface area contributed by atoms with E-state index in [1.54, 1.807) is 35.6 Å². The Labute approximate surface area is 198 Å². The van der Waals surface area contributed by atoms with E-state index in [0.717, 1.165) is 35.3 Å². The minimum Gasteiger partial charge on any atom is -0.258 e. The van der Waals surface area contributed by atoms with Crippen LogP contribution in [0.1, 0.15) is 45.6 Å². The van der Waals surface area contributed by atoms with Gasteiger partial charge in [-0.1, -0.05) is 51.1 Å². The predicted octanol–water partition coefficient (Wildman–Crippen LogP) is 6.32. The number of nitrogens with zero attached hydrogens (tertiary/aromatic N) is 4. The molecule has 172 valence electrons. The van der Waals surface area contributed by atoms with Gasteiger partial charge in [0.05, 0.1) is 10.6 Å². The Hall–Kier alpha value is -3.06. The zero-order valence-corrected chi connectivity index (χ0v) is 20.2. The zero-order chi connectivity index (χ0) is 23.4. The molecule has 1 aromatic heterocycles. The molecule has 1 unspecified atom stereocenters. The molecule has 1 atom stereocenters. The molecule has 1 fully saturated rings. The molecule has 1 saturated carbocycles. The van der Waals surface area contributed by atoms with Gasteiger partial charge in [-0.25, -0.2) is 4.68 Å². The lowest BCUT2D eigenvalue weighted by Crippen LogP contribution is -2.29. The first-order chi connectivity index (χ1) is 15.8. The van der Waals surface area contributed by atoms with Crippen molar-refractivity contribution in [2.75, 3.05) is 6.54 Å². The van der Waals surface area contributed by atoms with Crippen molar-refractivity contribution >= 4 is 22.7 Å². The molecule has 6 nitrogen and oxygen atoms in total. The summed E-state index contributed by atoms with van der Waals surface area (Å²) in [4.78, 5) is 16.4. The van der Waals surface area contributed by atoms with E-state index in [-0.39, 0.29) is 16.0 Å². The van der Waals surface area contributed by atoms with Crippen LogP contribution >= 0.6 is 11.3 Å². The maximum atomic E-state index is 11.1. The number of non-ortho nitro benzene ring substituents is 1. The summed E-state index contributed by atoms with van der Waals surface area (Å²) in [5.41, 5.74) is 4.57. The number of aromatic nitrogens is 1. The minimum atomic E-state index is -0.373. The Bertz CT molecular complexity index is 1210. The van der Waals surface area contributed by atoms with E-state index >= 15 is 0 Å². The summed E-state index contributed by atoms with van der Waals surface area (Å²) >= 11 is 1.56. The molecule has 3 aromatic rings. The average Bonchev–Trinajstić information content (AvgIpc) is 3.15. The second-order valence-electron chi connectivity index (χ2n) is 9.66. The van der Waals surface area contributed by atoms with Gasteiger partial charge in [0, 0.05) is 35.3 Å². The van der Waals surface area contributed by atoms with Crippen molar-refractivity contribution in [2.45, 2.75) is 46.5 Å². The van der Waals surface area contributed by atoms with Crippen LogP contribution in [-0.2, 0) is 6.42 Å². The van der Waals surface area contributed by atoms with Crippen LogP contribution in [0.2, 0.25) is 0 Å². The molecule has 33 heavy (non-hydrogen) atoms. The lowest BCUT2D eigenvalue weighted by Gasteiger charge is -2.34. The average molecular weight is 463 g/mol. The molecule has 2 aromatic carbocycles. The summed E-state index contributed by atoms with van der Waals surface area (Å²) in [7, 11) is 0. The SMILES string of the molecule is CC1CC(=Nn2c(-c3ccc([N+](=O)[O-])cc3)csc2=NCCc2ccccc2)CC(C)(C)C1. The van der Waals surface area contributed by atoms with Crippen molar-refractivity contribution in [3.63, 3.8) is 0 Å². The zero-order valence-electron chi connectivity index (χ0n) is 19.4. The van der Waals surface area contributed by atoms with Gasteiger partial charge in [-0.05, 0) is 54.7 Å². The van der Waals surface area contributed by atoms with Gasteiger partial charge in [-0.15, -0.1) is 11.3 Å². The second kappa shape index (κ2) is 9.83. The Morgan fingerprint density at radius 1 is 1.15 bits per heavy atom. The van der Waals surface area contributed by atoms with Crippen LogP contribution in [0.4, 0.5) is 5.69 Å². The number of hydrogen-bond donors (Lipinski definition) is 0. The Morgan fingerprint density at radius 3 is 2.55 bits per heavy atom. The number of rotatable bonds is 6. The summed E-state index contributed by atoms with van der Waals surface area (Å²) in [6, 6.07) is 17.0. The highest BCUT2D eigenvalue weighted by Crippen LogP contribution is 2.37. The number of thiazole rings is 1. The van der Waals surface area contributed by atoms with Crippen LogP contribution in [0.15, 0.2) is 70.1 Å². The monoisotopic (exact) mass is 462 g/mol. The highest BCUT2D eigenvalue weighted by atomic mass is 32.1. The molecule has 1 heterocycles. The fourth-order valence-corrected chi connectivity index (χ4v) is 5.57. The quantitative estimate of drug-likeness (QED) is 0.318. The first-order valence-electron chi connectivity index (χ1n) is 11.4. The van der Waals surface area contributed by atoms with E-state index in [4.69, 9.17) is 10.1 Å². The molecule has 4 rings (SSSR count). The summed E-state index contributed by atoms with van der Waals surface area (Å²) in [5.74, 6) is 0.591. The van der Waals surface area contributed by atoms with Crippen molar-refractivity contribution in [1.29, 1.82) is 0 Å². The molecule has 7 heteroatoms. The van der Waals surface area contributed by atoms with Gasteiger partial charge in [0.25, 0.3) is 5.69 Å². The molecule has 1 aliphatic carbocycles. The lowest BCUT2D eigenvalue weighted by atomic mass is 9.72. The van der Waals surface area contributed by atoms with E-state index < -0.39 is 0 Å². The van der Waals surface area contributed by atoms with Crippen LogP contribution < -0.4 is 4.80 Å². The van der Waals surface area contributed by atoms with Gasteiger partial charge in [-0.2, -0.15) is 5.10 Å². The third-order valence-corrected chi connectivity index (χ3v) is 6.81. The standard InChI is InChI=1S/C26H30N4O2S/c1-19-15-22(17-26(2,3)16-19)28-29-24(21-9-11-23(12-10-21)30(31)32)18-33-25(29)27-14-13-20-7-5-4-6-8-20/h4-12,18-19H,13-17H2,1-3H3. The Morgan fingerprint density at radius 2 is 1.88 bits per heavy atom. The minimum absolute atomic E-state index is 0.0856. The van der Waals surface area contributed by atoms with E-state index in [9.17, 15) is 10.1 Å². The highest BCUT2D eigenvalue weighted by molar-refractivity contribution is 7.07. The molecule has 0 radical (unpaired) electrons. The summed E-state index contributed by atoms with van der Waals surface area (Å²) in [6.45, 7) is 7.58. The van der Waals surface area contributed by atoms with E-state index in [2.05, 4.69) is 32.9 Å². The molecule has 0 saturated heterocycles. The van der Waals surface area contributed by atoms with Gasteiger partial charge in [0.2, 0.25) is 4.80 Å². The second-order valence-corrected chi connectivity index (χ2v) is 10.5. The summed E-state index contributed by atoms with van der Waals surface area (Å²) in [6.07, 6.45) is 4.01. The molecule has 0 aliphatic heterocycles. The smallest absolute Gasteiger partial charge is 0.258 e. The van der Waals surface area contributed by atoms with Gasteiger partial charge in [0.15, 0.2) is 0 Å². The maximum absolute atomic E-state index is 11.1. The molecular formula is C26H30N4O2S. The molecule has 1 aliphatic rings. The van der Waals surface area contributed by atoms with Crippen molar-refractivity contribution in [2.24, 2.45) is 21.4 Å². The Balaban J connectivity index is 1.71. The molecule has 0 amide bonds. The number of nitro groups is 1. The molecule has 0 N–H and O–H groups in total. The van der Waals surface area contributed by atoms with Crippen molar-refractivity contribution in [3.8, 4) is 11.3 Å². The first kappa shape index (κ1) is 23.1. The van der Waals surface area contributed by atoms with Crippen LogP contribution in [0, 0.1) is 21.4 Å². The van der Waals surface area contributed by atoms with Gasteiger partial charge < -0.3 is 0 Å². The number of benzene rings is 2. The maximum Gasteiger partial charge on any atom is 0.269 e. The fraction of sp³-hybridized carbons (Fsp3) is 0.385. The van der Waals surface area contributed by atoms with Crippen molar-refractivity contribution in [1.82, 2.24) is 4.68 Å². The normalized spacial score (nSPS) is 19.7. The van der Waals surface area contributed by atoms with Gasteiger partial charge >= 0.3 is 0 Å². The van der Waals surface area contributed by atoms with Gasteiger partial charge in [-0.3, -0.25) is 15.1 Å². The van der Waals surface area contributed by atoms with Crippen LogP contribution in [0.3, 0.4) is 0 Å². The third-order valence-electron chi connectivity index (χ3n) is 5.96. The van der Waals surface area contributed by atoms with E-state index in [1.165, 1.54) is 17.7 Å². The van der Waals surface area contributed by atoms with Crippen molar-refractivity contribution < 1.29 is 4.92 Å². The predicted molar refractivity (Wildman–Crippen MR) is 135 cm³/mol. The summed E-state index contributed by atoms with van der Waals surface area (Å²) in [5, 5.41) is 18.2. The van der Waals surface area contributed by atoms with Crippen LogP contribution in [0.5, 0.6) is 0 Å². The van der Waals surface area contributed by atoms with E-state index in [1.807, 2.05) is 28.3 Å². The van der Waals surface area contributed by atoms with E-state index in [0.29, 0.717) is 12.5 Å². The Kier molecular flexibility index (Phi) is 6.88. The highest BCUT2D eigenvalue weighted by Gasteiger charge is 2.30. The van der Waals surface area contributed by atoms with Crippen molar-refractivity contribution in [3.05, 3.63) is 80.5 Å². The number of nitro benzene ring substituents is 1.